The van der Waals surface area contributed by atoms with Gasteiger partial charge in [-0.05, 0) is 34.9 Å². The lowest BCUT2D eigenvalue weighted by Crippen LogP contribution is -2.23. The van der Waals surface area contributed by atoms with Crippen LogP contribution in [0.1, 0.15) is 33.2 Å². The highest BCUT2D eigenvalue weighted by Gasteiger charge is 2.18. The Morgan fingerprint density at radius 1 is 1.03 bits per heavy atom. The molecule has 0 fully saturated rings. The Hall–Kier alpha value is -3.71. The van der Waals surface area contributed by atoms with Gasteiger partial charge >= 0.3 is 0 Å². The lowest BCUT2D eigenvalue weighted by Gasteiger charge is -2.08. The fraction of sp³-hybridized carbons (Fsp3) is 0.167. The first-order chi connectivity index (χ1) is 15.0. The van der Waals surface area contributed by atoms with Gasteiger partial charge in [-0.25, -0.2) is 9.38 Å². The van der Waals surface area contributed by atoms with Crippen molar-refractivity contribution >= 4 is 11.9 Å². The summed E-state index contributed by atoms with van der Waals surface area (Å²) in [6.45, 7) is 1.25. The second-order valence-corrected chi connectivity index (χ2v) is 6.92. The number of aliphatic imine (C=N–C) groups is 1. The molecule has 0 saturated carbocycles. The lowest BCUT2D eigenvalue weighted by atomic mass is 10.1. The van der Waals surface area contributed by atoms with E-state index in [0.717, 1.165) is 11.1 Å². The van der Waals surface area contributed by atoms with Gasteiger partial charge in [-0.3, -0.25) is 4.79 Å². The van der Waals surface area contributed by atoms with Gasteiger partial charge in [-0.15, -0.1) is 0 Å². The van der Waals surface area contributed by atoms with Gasteiger partial charge in [-0.2, -0.15) is 0 Å². The van der Waals surface area contributed by atoms with Crippen LogP contribution in [0.15, 0.2) is 83.9 Å². The number of carbonyl (C=O) groups is 1. The van der Waals surface area contributed by atoms with Gasteiger partial charge in [0.1, 0.15) is 11.9 Å². The van der Waals surface area contributed by atoms with Crippen LogP contribution in [0.25, 0.3) is 0 Å². The van der Waals surface area contributed by atoms with Crippen LogP contribution in [-0.4, -0.2) is 18.5 Å². The number of benzene rings is 3. The van der Waals surface area contributed by atoms with E-state index in [1.54, 1.807) is 6.07 Å². The highest BCUT2D eigenvalue weighted by molar-refractivity contribution is 5.94. The third-order valence-electron chi connectivity index (χ3n) is 4.60. The number of nitrogens with one attached hydrogen (secondary N) is 1. The van der Waals surface area contributed by atoms with E-state index in [1.165, 1.54) is 12.1 Å². The molecule has 160 valence electrons. The van der Waals surface area contributed by atoms with Gasteiger partial charge in [0, 0.05) is 18.7 Å². The topological polar surface area (TPSA) is 103 Å². The summed E-state index contributed by atoms with van der Waals surface area (Å²) in [6, 6.07) is 23.9. The van der Waals surface area contributed by atoms with Gasteiger partial charge in [-0.1, -0.05) is 60.7 Å². The highest BCUT2D eigenvalue weighted by atomic mass is 19.1. The molecular weight excluding hydrogens is 395 g/mol. The minimum atomic E-state index is -0.451. The first-order valence-corrected chi connectivity index (χ1v) is 9.88. The van der Waals surface area contributed by atoms with Gasteiger partial charge < -0.3 is 21.5 Å². The predicted molar refractivity (Wildman–Crippen MR) is 119 cm³/mol. The summed E-state index contributed by atoms with van der Waals surface area (Å²) in [7, 11) is 0. The molecule has 3 aromatic rings. The summed E-state index contributed by atoms with van der Waals surface area (Å²) in [5, 5.41) is 2.75. The highest BCUT2D eigenvalue weighted by Crippen LogP contribution is 2.20. The van der Waals surface area contributed by atoms with Gasteiger partial charge in [0.15, 0.2) is 0 Å². The van der Waals surface area contributed by atoms with Crippen LogP contribution in [-0.2, 0) is 17.8 Å². The summed E-state index contributed by atoms with van der Waals surface area (Å²) < 4.78 is 18.6. The Labute approximate surface area is 180 Å². The monoisotopic (exact) mass is 420 g/mol. The molecule has 7 heteroatoms. The van der Waals surface area contributed by atoms with Crippen LogP contribution in [0.3, 0.4) is 0 Å². The molecule has 1 heterocycles. The third-order valence-corrected chi connectivity index (χ3v) is 4.60. The smallest absolute Gasteiger partial charge is 0.282 e. The number of amides is 1. The molecular formula is C24H25FN4O2. The van der Waals surface area contributed by atoms with E-state index in [4.69, 9.17) is 16.2 Å². The SMILES string of the molecule is NC1=NCC(c2ccccc2)O1.NCc1cc(F)cc(C(=O)NCc2ccccc2)c1. The Kier molecular flexibility index (Phi) is 7.73. The van der Waals surface area contributed by atoms with Crippen molar-refractivity contribution in [1.29, 1.82) is 0 Å². The Bertz CT molecular complexity index is 1030. The number of rotatable bonds is 5. The zero-order valence-electron chi connectivity index (χ0n) is 17.0. The Morgan fingerprint density at radius 3 is 2.32 bits per heavy atom. The molecule has 5 N–H and O–H groups in total. The summed E-state index contributed by atoms with van der Waals surface area (Å²) in [4.78, 5) is 15.9. The Morgan fingerprint density at radius 2 is 1.71 bits per heavy atom. The molecule has 0 bridgehead atoms. The number of ether oxygens (including phenoxy) is 1. The van der Waals surface area contributed by atoms with Crippen LogP contribution in [0.4, 0.5) is 4.39 Å². The first kappa shape index (κ1) is 22.0. The van der Waals surface area contributed by atoms with Crippen molar-refractivity contribution in [3.05, 3.63) is 107 Å². The van der Waals surface area contributed by atoms with Crippen LogP contribution in [0.5, 0.6) is 0 Å². The van der Waals surface area contributed by atoms with E-state index in [-0.39, 0.29) is 24.1 Å². The molecule has 0 aromatic heterocycles. The summed E-state index contributed by atoms with van der Waals surface area (Å²) in [6.07, 6.45) is 0.0196. The second kappa shape index (κ2) is 10.9. The minimum Gasteiger partial charge on any atom is -0.455 e. The fourth-order valence-electron chi connectivity index (χ4n) is 3.01. The largest absolute Gasteiger partial charge is 0.455 e. The molecule has 0 spiro atoms. The average molecular weight is 420 g/mol. The molecule has 1 amide bonds. The molecule has 0 saturated heterocycles. The van der Waals surface area contributed by atoms with E-state index >= 15 is 0 Å². The van der Waals surface area contributed by atoms with Crippen molar-refractivity contribution in [1.82, 2.24) is 5.32 Å². The minimum absolute atomic E-state index is 0.0196. The van der Waals surface area contributed by atoms with Crippen molar-refractivity contribution in [3.8, 4) is 0 Å². The maximum absolute atomic E-state index is 13.3. The van der Waals surface area contributed by atoms with Crippen LogP contribution < -0.4 is 16.8 Å². The standard InChI is InChI=1S/C15H15FN2O.C9H10N2O/c16-14-7-12(9-17)6-13(8-14)15(19)18-10-11-4-2-1-3-5-11;10-9-11-6-8(12-9)7-4-2-1-3-5-7/h1-8H,9-10,17H2,(H,18,19);1-5,8H,6H2,(H2,10,11). The number of amidine groups is 1. The van der Waals surface area contributed by atoms with Crippen LogP contribution in [0, 0.1) is 5.82 Å². The predicted octanol–water partition coefficient (Wildman–Crippen LogP) is 3.29. The van der Waals surface area contributed by atoms with E-state index in [1.807, 2.05) is 60.7 Å². The molecule has 6 nitrogen and oxygen atoms in total. The molecule has 1 atom stereocenters. The zero-order valence-corrected chi connectivity index (χ0v) is 17.0. The van der Waals surface area contributed by atoms with Gasteiger partial charge in [0.05, 0.1) is 6.54 Å². The normalized spacial score (nSPS) is 14.6. The van der Waals surface area contributed by atoms with E-state index < -0.39 is 5.82 Å². The maximum Gasteiger partial charge on any atom is 0.282 e. The molecule has 0 aliphatic carbocycles. The number of hydrogen-bond acceptors (Lipinski definition) is 5. The van der Waals surface area contributed by atoms with Crippen molar-refractivity contribution in [2.75, 3.05) is 6.54 Å². The fourth-order valence-corrected chi connectivity index (χ4v) is 3.01. The van der Waals surface area contributed by atoms with E-state index in [2.05, 4.69) is 10.3 Å². The first-order valence-electron chi connectivity index (χ1n) is 9.88. The number of nitrogens with zero attached hydrogens (tertiary/aromatic N) is 1. The summed E-state index contributed by atoms with van der Waals surface area (Å²) >= 11 is 0. The number of nitrogens with two attached hydrogens (primary N) is 2. The molecule has 0 radical (unpaired) electrons. The van der Waals surface area contributed by atoms with E-state index in [9.17, 15) is 9.18 Å². The molecule has 1 aliphatic rings. The van der Waals surface area contributed by atoms with Crippen LogP contribution in [0.2, 0.25) is 0 Å². The molecule has 3 aromatic carbocycles. The lowest BCUT2D eigenvalue weighted by molar-refractivity contribution is 0.0950. The number of halogens is 1. The van der Waals surface area contributed by atoms with Crippen LogP contribution >= 0.6 is 0 Å². The molecule has 4 rings (SSSR count). The second-order valence-electron chi connectivity index (χ2n) is 6.92. The molecule has 1 aliphatic heterocycles. The van der Waals surface area contributed by atoms with Crippen molar-refractivity contribution in [2.24, 2.45) is 16.5 Å². The number of carbonyl (C=O) groups excluding carboxylic acids is 1. The number of hydrogen-bond donors (Lipinski definition) is 3. The average Bonchev–Trinajstić information content (AvgIpc) is 3.25. The summed E-state index contributed by atoms with van der Waals surface area (Å²) in [5.41, 5.74) is 13.9. The maximum atomic E-state index is 13.3. The molecule has 1 unspecified atom stereocenters. The zero-order chi connectivity index (χ0) is 22.1. The summed E-state index contributed by atoms with van der Waals surface area (Å²) in [5.74, 6) is -0.758. The van der Waals surface area contributed by atoms with Crippen molar-refractivity contribution in [2.45, 2.75) is 19.2 Å². The third kappa shape index (κ3) is 6.65. The molecule has 31 heavy (non-hydrogen) atoms. The van der Waals surface area contributed by atoms with Gasteiger partial charge in [0.25, 0.3) is 11.9 Å². The van der Waals surface area contributed by atoms with Gasteiger partial charge in [0.2, 0.25) is 0 Å². The quantitative estimate of drug-likeness (QED) is 0.589. The van der Waals surface area contributed by atoms with E-state index in [0.29, 0.717) is 24.7 Å². The Balaban J connectivity index is 0.000000194. The van der Waals surface area contributed by atoms with Crippen molar-refractivity contribution in [3.63, 3.8) is 0 Å². The van der Waals surface area contributed by atoms with Crippen molar-refractivity contribution < 1.29 is 13.9 Å².